The Labute approximate surface area is 111 Å². The lowest BCUT2D eigenvalue weighted by Gasteiger charge is -2.21. The molecule has 0 aliphatic carbocycles. The normalized spacial score (nSPS) is 16.2. The monoisotopic (exact) mass is 267 g/mol. The van der Waals surface area contributed by atoms with Gasteiger partial charge in [0.15, 0.2) is 0 Å². The number of thioether (sulfide) groups is 1. The van der Waals surface area contributed by atoms with E-state index >= 15 is 0 Å². The van der Waals surface area contributed by atoms with Gasteiger partial charge in [-0.05, 0) is 18.2 Å². The van der Waals surface area contributed by atoms with E-state index in [-0.39, 0.29) is 0 Å². The standard InChI is InChI=1S/C12H17N3O2S/c1-17-12(16)9-7-11(14-8-10(9)13)15-3-2-5-18-6-4-15/h7-8H,2-6,13H2,1H3. The summed E-state index contributed by atoms with van der Waals surface area (Å²) < 4.78 is 4.71. The van der Waals surface area contributed by atoms with E-state index in [0.29, 0.717) is 11.3 Å². The predicted octanol–water partition coefficient (Wildman–Crippen LogP) is 1.39. The lowest BCUT2D eigenvalue weighted by Crippen LogP contribution is -2.26. The molecule has 5 nitrogen and oxygen atoms in total. The van der Waals surface area contributed by atoms with E-state index in [2.05, 4.69) is 9.88 Å². The van der Waals surface area contributed by atoms with Crippen molar-refractivity contribution in [2.75, 3.05) is 42.3 Å². The van der Waals surface area contributed by atoms with Gasteiger partial charge in [0.05, 0.1) is 24.6 Å². The molecule has 1 aromatic rings. The van der Waals surface area contributed by atoms with Crippen molar-refractivity contribution in [1.29, 1.82) is 0 Å². The number of carbonyl (C=O) groups excluding carboxylic acids is 1. The first-order valence-corrected chi connectivity index (χ1v) is 7.04. The lowest BCUT2D eigenvalue weighted by molar-refractivity contribution is 0.0602. The molecule has 2 heterocycles. The van der Waals surface area contributed by atoms with Crippen LogP contribution in [0.2, 0.25) is 0 Å². The molecular formula is C12H17N3O2S. The van der Waals surface area contributed by atoms with Gasteiger partial charge in [0.1, 0.15) is 5.82 Å². The number of nitrogens with zero attached hydrogens (tertiary/aromatic N) is 2. The third kappa shape index (κ3) is 2.87. The summed E-state index contributed by atoms with van der Waals surface area (Å²) in [6, 6.07) is 1.72. The fourth-order valence-electron chi connectivity index (χ4n) is 1.89. The molecule has 0 bridgehead atoms. The van der Waals surface area contributed by atoms with Crippen LogP contribution in [0.3, 0.4) is 0 Å². The van der Waals surface area contributed by atoms with Crippen molar-refractivity contribution in [3.63, 3.8) is 0 Å². The van der Waals surface area contributed by atoms with Crippen molar-refractivity contribution in [3.05, 3.63) is 17.8 Å². The molecule has 0 unspecified atom stereocenters. The maximum atomic E-state index is 11.6. The van der Waals surface area contributed by atoms with Gasteiger partial charge in [-0.15, -0.1) is 0 Å². The van der Waals surface area contributed by atoms with Crippen LogP contribution in [-0.2, 0) is 4.74 Å². The first-order valence-electron chi connectivity index (χ1n) is 5.89. The van der Waals surface area contributed by atoms with Crippen LogP contribution in [0.25, 0.3) is 0 Å². The van der Waals surface area contributed by atoms with E-state index < -0.39 is 5.97 Å². The van der Waals surface area contributed by atoms with Crippen molar-refractivity contribution >= 4 is 29.2 Å². The number of methoxy groups -OCH3 is 1. The molecule has 2 rings (SSSR count). The lowest BCUT2D eigenvalue weighted by atomic mass is 10.2. The van der Waals surface area contributed by atoms with Gasteiger partial charge < -0.3 is 15.4 Å². The minimum atomic E-state index is -0.416. The Bertz CT molecular complexity index is 431. The van der Waals surface area contributed by atoms with Crippen LogP contribution in [0, 0.1) is 0 Å². The molecule has 6 heteroatoms. The molecule has 1 aromatic heterocycles. The van der Waals surface area contributed by atoms with E-state index in [0.717, 1.165) is 31.1 Å². The van der Waals surface area contributed by atoms with E-state index in [1.807, 2.05) is 11.8 Å². The van der Waals surface area contributed by atoms with Crippen LogP contribution < -0.4 is 10.6 Å². The molecule has 98 valence electrons. The van der Waals surface area contributed by atoms with Gasteiger partial charge in [0.2, 0.25) is 0 Å². The number of hydrogen-bond acceptors (Lipinski definition) is 6. The molecule has 1 fully saturated rings. The van der Waals surface area contributed by atoms with Crippen molar-refractivity contribution in [2.45, 2.75) is 6.42 Å². The zero-order chi connectivity index (χ0) is 13.0. The molecular weight excluding hydrogens is 250 g/mol. The van der Waals surface area contributed by atoms with Crippen LogP contribution in [0.5, 0.6) is 0 Å². The van der Waals surface area contributed by atoms with Gasteiger partial charge in [-0.1, -0.05) is 0 Å². The second-order valence-electron chi connectivity index (χ2n) is 4.07. The molecule has 0 amide bonds. The summed E-state index contributed by atoms with van der Waals surface area (Å²) in [5.74, 6) is 2.64. The molecule has 18 heavy (non-hydrogen) atoms. The Kier molecular flexibility index (Phi) is 4.30. The topological polar surface area (TPSA) is 68.5 Å². The fraction of sp³-hybridized carbons (Fsp3) is 0.500. The Morgan fingerprint density at radius 1 is 1.50 bits per heavy atom. The molecule has 1 aliphatic rings. The molecule has 0 aromatic carbocycles. The number of carbonyl (C=O) groups is 1. The van der Waals surface area contributed by atoms with Crippen molar-refractivity contribution in [1.82, 2.24) is 4.98 Å². The van der Waals surface area contributed by atoms with E-state index in [1.165, 1.54) is 19.1 Å². The van der Waals surface area contributed by atoms with Crippen LogP contribution in [0.15, 0.2) is 12.3 Å². The summed E-state index contributed by atoms with van der Waals surface area (Å²) in [6.45, 7) is 1.91. The van der Waals surface area contributed by atoms with E-state index in [1.54, 1.807) is 6.07 Å². The highest BCUT2D eigenvalue weighted by Crippen LogP contribution is 2.21. The zero-order valence-corrected chi connectivity index (χ0v) is 11.2. The highest BCUT2D eigenvalue weighted by atomic mass is 32.2. The molecule has 0 radical (unpaired) electrons. The van der Waals surface area contributed by atoms with Crippen LogP contribution >= 0.6 is 11.8 Å². The van der Waals surface area contributed by atoms with Crippen LogP contribution in [0.4, 0.5) is 11.5 Å². The average molecular weight is 267 g/mol. The highest BCUT2D eigenvalue weighted by molar-refractivity contribution is 7.99. The second-order valence-corrected chi connectivity index (χ2v) is 5.30. The number of rotatable bonds is 2. The van der Waals surface area contributed by atoms with E-state index in [9.17, 15) is 4.79 Å². The minimum Gasteiger partial charge on any atom is -0.465 e. The summed E-state index contributed by atoms with van der Waals surface area (Å²) in [6.07, 6.45) is 2.66. The quantitative estimate of drug-likeness (QED) is 0.817. The van der Waals surface area contributed by atoms with Crippen molar-refractivity contribution in [3.8, 4) is 0 Å². The Balaban J connectivity index is 2.25. The van der Waals surface area contributed by atoms with Crippen LogP contribution in [-0.4, -0.2) is 42.7 Å². The summed E-state index contributed by atoms with van der Waals surface area (Å²) in [7, 11) is 1.35. The summed E-state index contributed by atoms with van der Waals surface area (Å²) >= 11 is 1.95. The summed E-state index contributed by atoms with van der Waals surface area (Å²) in [5, 5.41) is 0. The zero-order valence-electron chi connectivity index (χ0n) is 10.4. The molecule has 1 saturated heterocycles. The number of esters is 1. The van der Waals surface area contributed by atoms with Gasteiger partial charge in [0.25, 0.3) is 0 Å². The number of ether oxygens (including phenoxy) is 1. The van der Waals surface area contributed by atoms with Crippen molar-refractivity contribution in [2.24, 2.45) is 0 Å². The number of aromatic nitrogens is 1. The van der Waals surface area contributed by atoms with Gasteiger partial charge in [-0.2, -0.15) is 11.8 Å². The molecule has 1 aliphatic heterocycles. The van der Waals surface area contributed by atoms with Gasteiger partial charge in [-0.3, -0.25) is 0 Å². The Morgan fingerprint density at radius 2 is 2.33 bits per heavy atom. The maximum Gasteiger partial charge on any atom is 0.340 e. The molecule has 0 atom stereocenters. The molecule has 2 N–H and O–H groups in total. The molecule has 0 spiro atoms. The largest absolute Gasteiger partial charge is 0.465 e. The number of anilines is 2. The third-order valence-electron chi connectivity index (χ3n) is 2.87. The SMILES string of the molecule is COC(=O)c1cc(N2CCCSCC2)ncc1N. The number of nitrogens with two attached hydrogens (primary N) is 1. The first kappa shape index (κ1) is 13.0. The van der Waals surface area contributed by atoms with Gasteiger partial charge >= 0.3 is 5.97 Å². The molecule has 0 saturated carbocycles. The smallest absolute Gasteiger partial charge is 0.340 e. The van der Waals surface area contributed by atoms with Gasteiger partial charge in [0, 0.05) is 18.8 Å². The van der Waals surface area contributed by atoms with E-state index in [4.69, 9.17) is 10.5 Å². The minimum absolute atomic E-state index is 0.356. The summed E-state index contributed by atoms with van der Waals surface area (Å²) in [4.78, 5) is 18.1. The van der Waals surface area contributed by atoms with Crippen LogP contribution in [0.1, 0.15) is 16.8 Å². The highest BCUT2D eigenvalue weighted by Gasteiger charge is 2.16. The average Bonchev–Trinajstić information content (AvgIpc) is 2.67. The number of pyridine rings is 1. The fourth-order valence-corrected chi connectivity index (χ4v) is 2.78. The van der Waals surface area contributed by atoms with Crippen molar-refractivity contribution < 1.29 is 9.53 Å². The predicted molar refractivity (Wildman–Crippen MR) is 74.1 cm³/mol. The first-order chi connectivity index (χ1) is 8.72. The third-order valence-corrected chi connectivity index (χ3v) is 3.92. The Morgan fingerprint density at radius 3 is 3.11 bits per heavy atom. The number of nitrogen functional groups attached to an aromatic ring is 1. The van der Waals surface area contributed by atoms with Gasteiger partial charge in [-0.25, -0.2) is 9.78 Å². The Hall–Kier alpha value is -1.43. The maximum absolute atomic E-state index is 11.6. The summed E-state index contributed by atoms with van der Waals surface area (Å²) in [5.41, 5.74) is 6.48. The number of hydrogen-bond donors (Lipinski definition) is 1. The second kappa shape index (κ2) is 5.95.